The minimum Gasteiger partial charge on any atom is -0.460 e. The summed E-state index contributed by atoms with van der Waals surface area (Å²) < 4.78 is 27.1. The summed E-state index contributed by atoms with van der Waals surface area (Å²) in [7, 11) is -3.38. The predicted molar refractivity (Wildman–Crippen MR) is 60.5 cm³/mol. The van der Waals surface area contributed by atoms with E-state index in [2.05, 4.69) is 0 Å². The second-order valence-corrected chi connectivity index (χ2v) is 5.93. The first-order valence-electron chi connectivity index (χ1n) is 4.80. The second-order valence-electron chi connectivity index (χ2n) is 3.57. The van der Waals surface area contributed by atoms with Crippen molar-refractivity contribution in [3.8, 4) is 0 Å². The summed E-state index contributed by atoms with van der Waals surface area (Å²) in [5.74, 6) is -0.716. The van der Waals surface area contributed by atoms with E-state index in [-0.39, 0.29) is 6.61 Å². The van der Waals surface area contributed by atoms with E-state index in [1.165, 1.54) is 6.92 Å². The molecule has 1 aromatic rings. The van der Waals surface area contributed by atoms with Crippen LogP contribution in [-0.4, -0.2) is 25.9 Å². The van der Waals surface area contributed by atoms with Crippen molar-refractivity contribution in [1.82, 2.24) is 0 Å². The average molecular weight is 242 g/mol. The Morgan fingerprint density at radius 1 is 1.31 bits per heavy atom. The molecule has 16 heavy (non-hydrogen) atoms. The highest BCUT2D eigenvalue weighted by Gasteiger charge is 2.24. The van der Waals surface area contributed by atoms with Gasteiger partial charge in [-0.1, -0.05) is 30.3 Å². The number of hydrogen-bond donors (Lipinski definition) is 0. The van der Waals surface area contributed by atoms with Crippen molar-refractivity contribution in [2.75, 3.05) is 6.26 Å². The van der Waals surface area contributed by atoms with Crippen LogP contribution in [0, 0.1) is 0 Å². The molecule has 1 rings (SSSR count). The highest BCUT2D eigenvalue weighted by atomic mass is 32.2. The molecule has 0 aliphatic heterocycles. The Labute approximate surface area is 95.2 Å². The summed E-state index contributed by atoms with van der Waals surface area (Å²) in [6, 6.07) is 9.10. The van der Waals surface area contributed by atoms with Crippen molar-refractivity contribution in [1.29, 1.82) is 0 Å². The van der Waals surface area contributed by atoms with Gasteiger partial charge in [0.05, 0.1) is 0 Å². The van der Waals surface area contributed by atoms with Crippen molar-refractivity contribution in [2.45, 2.75) is 18.8 Å². The molecule has 0 spiro atoms. The van der Waals surface area contributed by atoms with Gasteiger partial charge >= 0.3 is 5.97 Å². The van der Waals surface area contributed by atoms with Gasteiger partial charge in [-0.25, -0.2) is 8.42 Å². The Balaban J connectivity index is 2.54. The van der Waals surface area contributed by atoms with Gasteiger partial charge < -0.3 is 4.74 Å². The van der Waals surface area contributed by atoms with Gasteiger partial charge in [-0.3, -0.25) is 4.79 Å². The van der Waals surface area contributed by atoms with Crippen LogP contribution in [0.1, 0.15) is 12.5 Å². The fourth-order valence-corrected chi connectivity index (χ4v) is 1.44. The lowest BCUT2D eigenvalue weighted by atomic mass is 10.2. The van der Waals surface area contributed by atoms with Crippen molar-refractivity contribution in [2.24, 2.45) is 0 Å². The van der Waals surface area contributed by atoms with Crippen LogP contribution in [0.2, 0.25) is 0 Å². The Kier molecular flexibility index (Phi) is 4.06. The standard InChI is InChI=1S/C11H14O4S/c1-9(16(2,13)14)11(12)15-8-10-6-4-3-5-7-10/h3-7,9H,8H2,1-2H3/t9-/m1/s1. The molecule has 0 unspecified atom stereocenters. The largest absolute Gasteiger partial charge is 0.460 e. The molecule has 4 nitrogen and oxygen atoms in total. The highest BCUT2D eigenvalue weighted by molar-refractivity contribution is 7.92. The van der Waals surface area contributed by atoms with E-state index in [1.54, 1.807) is 12.1 Å². The Hall–Kier alpha value is -1.36. The first kappa shape index (κ1) is 12.7. The fraction of sp³-hybridized carbons (Fsp3) is 0.364. The molecule has 88 valence electrons. The molecule has 0 amide bonds. The van der Waals surface area contributed by atoms with E-state index < -0.39 is 21.1 Å². The van der Waals surface area contributed by atoms with Gasteiger partial charge in [0.15, 0.2) is 15.1 Å². The Bertz CT molecular complexity index is 450. The summed E-state index contributed by atoms with van der Waals surface area (Å²) in [6.45, 7) is 1.42. The summed E-state index contributed by atoms with van der Waals surface area (Å²) in [5, 5.41) is -1.11. The average Bonchev–Trinajstić information content (AvgIpc) is 2.25. The second kappa shape index (κ2) is 5.12. The molecule has 1 aromatic carbocycles. The first-order chi connectivity index (χ1) is 7.41. The van der Waals surface area contributed by atoms with Crippen LogP contribution < -0.4 is 0 Å². The molecule has 0 bridgehead atoms. The molecule has 0 N–H and O–H groups in total. The summed E-state index contributed by atoms with van der Waals surface area (Å²) in [4.78, 5) is 11.4. The van der Waals surface area contributed by atoms with Crippen LogP contribution >= 0.6 is 0 Å². The molecular formula is C11H14O4S. The van der Waals surface area contributed by atoms with E-state index in [0.717, 1.165) is 11.8 Å². The predicted octanol–water partition coefficient (Wildman–Crippen LogP) is 1.16. The third kappa shape index (κ3) is 3.66. The van der Waals surface area contributed by atoms with Crippen LogP contribution in [0.25, 0.3) is 0 Å². The van der Waals surface area contributed by atoms with Gasteiger partial charge in [-0.15, -0.1) is 0 Å². The van der Waals surface area contributed by atoms with Crippen LogP contribution in [0.3, 0.4) is 0 Å². The number of esters is 1. The quantitative estimate of drug-likeness (QED) is 0.743. The lowest BCUT2D eigenvalue weighted by Crippen LogP contribution is -2.28. The summed E-state index contributed by atoms with van der Waals surface area (Å²) >= 11 is 0. The lowest BCUT2D eigenvalue weighted by molar-refractivity contribution is -0.144. The maximum absolute atomic E-state index is 11.4. The number of carbonyl (C=O) groups excluding carboxylic acids is 1. The van der Waals surface area contributed by atoms with Gasteiger partial charge in [0.1, 0.15) is 6.61 Å². The van der Waals surface area contributed by atoms with Crippen LogP contribution in [0.5, 0.6) is 0 Å². The molecule has 5 heteroatoms. The van der Waals surface area contributed by atoms with Crippen LogP contribution in [0.15, 0.2) is 30.3 Å². The number of rotatable bonds is 4. The van der Waals surface area contributed by atoms with Crippen LogP contribution in [0.4, 0.5) is 0 Å². The van der Waals surface area contributed by atoms with Gasteiger partial charge in [-0.2, -0.15) is 0 Å². The maximum atomic E-state index is 11.4. The molecule has 0 aliphatic rings. The normalized spacial score (nSPS) is 13.1. The zero-order valence-electron chi connectivity index (χ0n) is 9.21. The third-order valence-corrected chi connectivity index (χ3v) is 3.67. The first-order valence-corrected chi connectivity index (χ1v) is 6.76. The van der Waals surface area contributed by atoms with Crippen molar-refractivity contribution < 1.29 is 17.9 Å². The molecule has 0 aliphatic carbocycles. The zero-order valence-corrected chi connectivity index (χ0v) is 10.0. The minimum atomic E-state index is -3.38. The fourth-order valence-electron chi connectivity index (χ4n) is 1.02. The maximum Gasteiger partial charge on any atom is 0.324 e. The van der Waals surface area contributed by atoms with E-state index in [4.69, 9.17) is 4.74 Å². The van der Waals surface area contributed by atoms with E-state index in [0.29, 0.717) is 0 Å². The van der Waals surface area contributed by atoms with Crippen molar-refractivity contribution in [3.63, 3.8) is 0 Å². The number of benzene rings is 1. The number of hydrogen-bond acceptors (Lipinski definition) is 4. The minimum absolute atomic E-state index is 0.0968. The molecule has 0 saturated heterocycles. The molecule has 0 fully saturated rings. The van der Waals surface area contributed by atoms with Gasteiger partial charge in [0, 0.05) is 6.26 Å². The zero-order chi connectivity index (χ0) is 12.2. The van der Waals surface area contributed by atoms with Gasteiger partial charge in [-0.05, 0) is 12.5 Å². The van der Waals surface area contributed by atoms with E-state index in [1.807, 2.05) is 18.2 Å². The smallest absolute Gasteiger partial charge is 0.324 e. The van der Waals surface area contributed by atoms with E-state index in [9.17, 15) is 13.2 Å². The summed E-state index contributed by atoms with van der Waals surface area (Å²) in [6.07, 6.45) is 1.02. The number of carbonyl (C=O) groups is 1. The van der Waals surface area contributed by atoms with Gasteiger partial charge in [0.25, 0.3) is 0 Å². The molecule has 0 radical (unpaired) electrons. The Morgan fingerprint density at radius 3 is 2.38 bits per heavy atom. The molecular weight excluding hydrogens is 228 g/mol. The Morgan fingerprint density at radius 2 is 1.88 bits per heavy atom. The third-order valence-electron chi connectivity index (χ3n) is 2.20. The monoisotopic (exact) mass is 242 g/mol. The van der Waals surface area contributed by atoms with E-state index >= 15 is 0 Å². The SMILES string of the molecule is C[C@H](C(=O)OCc1ccccc1)S(C)(=O)=O. The van der Waals surface area contributed by atoms with Crippen molar-refractivity contribution in [3.05, 3.63) is 35.9 Å². The number of ether oxygens (including phenoxy) is 1. The van der Waals surface area contributed by atoms with Crippen LogP contribution in [-0.2, 0) is 26.0 Å². The lowest BCUT2D eigenvalue weighted by Gasteiger charge is -2.09. The molecule has 1 atom stereocenters. The highest BCUT2D eigenvalue weighted by Crippen LogP contribution is 2.05. The summed E-state index contributed by atoms with van der Waals surface area (Å²) in [5.41, 5.74) is 0.830. The topological polar surface area (TPSA) is 60.4 Å². The molecule has 0 saturated carbocycles. The van der Waals surface area contributed by atoms with Crippen molar-refractivity contribution >= 4 is 15.8 Å². The number of sulfone groups is 1. The molecule has 0 heterocycles. The van der Waals surface area contributed by atoms with Gasteiger partial charge in [0.2, 0.25) is 0 Å². The molecule has 0 aromatic heterocycles.